The molecule has 1 heterocycles. The van der Waals surface area contributed by atoms with Crippen LogP contribution in [-0.4, -0.2) is 36.7 Å². The van der Waals surface area contributed by atoms with Gasteiger partial charge < -0.3 is 19.5 Å². The second-order valence-corrected chi connectivity index (χ2v) is 8.61. The largest absolute Gasteiger partial charge is 0.497 e. The first kappa shape index (κ1) is 23.0. The molecule has 0 radical (unpaired) electrons. The van der Waals surface area contributed by atoms with Crippen molar-refractivity contribution in [2.24, 2.45) is 7.05 Å². The van der Waals surface area contributed by atoms with E-state index in [-0.39, 0.29) is 18.0 Å². The summed E-state index contributed by atoms with van der Waals surface area (Å²) in [6.07, 6.45) is -1.08. The molecule has 0 aliphatic heterocycles. The van der Waals surface area contributed by atoms with Gasteiger partial charge in [0.05, 0.1) is 12.6 Å². The van der Waals surface area contributed by atoms with Crippen LogP contribution in [0, 0.1) is 0 Å². The molecule has 3 aromatic rings. The summed E-state index contributed by atoms with van der Waals surface area (Å²) in [5, 5.41) is 3.70. The number of carbonyl (C=O) groups excluding carboxylic acids is 1. The molecule has 1 amide bonds. The maximum absolute atomic E-state index is 13.4. The molecule has 0 bridgehead atoms. The number of fused-ring (bicyclic) bond motifs is 1. The van der Waals surface area contributed by atoms with Crippen molar-refractivity contribution in [3.63, 3.8) is 0 Å². The summed E-state index contributed by atoms with van der Waals surface area (Å²) in [5.74, 6) is 0.592. The zero-order chi connectivity index (χ0) is 23.8. The summed E-state index contributed by atoms with van der Waals surface area (Å²) in [6, 6.07) is 13.9. The molecule has 0 unspecified atom stereocenters. The number of aromatic nitrogens is 1. The van der Waals surface area contributed by atoms with E-state index in [1.807, 2.05) is 13.1 Å². The quantitative estimate of drug-likeness (QED) is 0.557. The third-order valence-electron chi connectivity index (χ3n) is 6.67. The van der Waals surface area contributed by atoms with Crippen molar-refractivity contribution in [1.82, 2.24) is 9.88 Å². The standard InChI is InChI=1S/C25H28F3N3O2/c1-30(21-5-4-6-22-20(21)15-23(31(22)2)25(26,27)28)18-11-9-17(10-12-18)29-24(32)16-7-13-19(33-3)14-8-16/h4-8,13-15,17-18H,9-12H2,1-3H3,(H,29,32). The van der Waals surface area contributed by atoms with E-state index in [0.29, 0.717) is 22.2 Å². The number of nitrogens with one attached hydrogen (secondary N) is 1. The van der Waals surface area contributed by atoms with Gasteiger partial charge in [-0.05, 0) is 68.1 Å². The maximum Gasteiger partial charge on any atom is 0.431 e. The number of nitrogens with zero attached hydrogens (tertiary/aromatic N) is 2. The zero-order valence-electron chi connectivity index (χ0n) is 18.9. The highest BCUT2D eigenvalue weighted by Gasteiger charge is 2.35. The van der Waals surface area contributed by atoms with Gasteiger partial charge >= 0.3 is 6.18 Å². The SMILES string of the molecule is COc1ccc(C(=O)NC2CCC(N(C)c3cccc4c3cc(C(F)(F)F)n4C)CC2)cc1. The lowest BCUT2D eigenvalue weighted by Crippen LogP contribution is -2.43. The molecule has 0 spiro atoms. The highest BCUT2D eigenvalue weighted by molar-refractivity contribution is 5.95. The topological polar surface area (TPSA) is 46.5 Å². The van der Waals surface area contributed by atoms with Crippen molar-refractivity contribution < 1.29 is 22.7 Å². The van der Waals surface area contributed by atoms with Crippen LogP contribution in [0.15, 0.2) is 48.5 Å². The van der Waals surface area contributed by atoms with Crippen molar-refractivity contribution in [2.45, 2.75) is 43.9 Å². The Morgan fingerprint density at radius 3 is 2.36 bits per heavy atom. The molecule has 1 fully saturated rings. The predicted octanol–water partition coefficient (Wildman–Crippen LogP) is 5.38. The molecular weight excluding hydrogens is 431 g/mol. The summed E-state index contributed by atoms with van der Waals surface area (Å²) in [5.41, 5.74) is 1.30. The van der Waals surface area contributed by atoms with Crippen LogP contribution in [0.4, 0.5) is 18.9 Å². The first-order chi connectivity index (χ1) is 15.7. The van der Waals surface area contributed by atoms with Gasteiger partial charge in [0.1, 0.15) is 11.4 Å². The van der Waals surface area contributed by atoms with E-state index in [0.717, 1.165) is 31.4 Å². The van der Waals surface area contributed by atoms with Gasteiger partial charge in [0.15, 0.2) is 0 Å². The van der Waals surface area contributed by atoms with Crippen LogP contribution >= 0.6 is 0 Å². The molecule has 4 rings (SSSR count). The predicted molar refractivity (Wildman–Crippen MR) is 123 cm³/mol. The Hall–Kier alpha value is -3.16. The summed E-state index contributed by atoms with van der Waals surface area (Å²) in [7, 11) is 4.97. The highest BCUT2D eigenvalue weighted by atomic mass is 19.4. The third kappa shape index (κ3) is 4.65. The minimum atomic E-state index is -4.40. The van der Waals surface area contributed by atoms with Gasteiger partial charge in [0, 0.05) is 42.8 Å². The fraction of sp³-hybridized carbons (Fsp3) is 0.400. The molecule has 5 nitrogen and oxygen atoms in total. The number of alkyl halides is 3. The van der Waals surface area contributed by atoms with Gasteiger partial charge in [-0.2, -0.15) is 13.2 Å². The Kier molecular flexibility index (Phi) is 6.28. The number of rotatable bonds is 5. The number of ether oxygens (including phenoxy) is 1. The molecule has 1 aliphatic rings. The normalized spacial score (nSPS) is 18.8. The molecule has 0 atom stereocenters. The van der Waals surface area contributed by atoms with E-state index in [1.165, 1.54) is 17.7 Å². The molecule has 1 saturated carbocycles. The Morgan fingerprint density at radius 1 is 1.09 bits per heavy atom. The van der Waals surface area contributed by atoms with E-state index >= 15 is 0 Å². The number of aryl methyl sites for hydroxylation is 1. The van der Waals surface area contributed by atoms with Crippen LogP contribution in [-0.2, 0) is 13.2 Å². The number of hydrogen-bond donors (Lipinski definition) is 1. The third-order valence-corrected chi connectivity index (χ3v) is 6.67. The fourth-order valence-electron chi connectivity index (χ4n) is 4.74. The lowest BCUT2D eigenvalue weighted by atomic mass is 9.89. The molecule has 1 aliphatic carbocycles. The monoisotopic (exact) mass is 459 g/mol. The van der Waals surface area contributed by atoms with Gasteiger partial charge in [-0.3, -0.25) is 4.79 Å². The molecule has 176 valence electrons. The molecule has 2 aromatic carbocycles. The number of benzene rings is 2. The van der Waals surface area contributed by atoms with E-state index in [9.17, 15) is 18.0 Å². The van der Waals surface area contributed by atoms with Crippen LogP contribution in [0.5, 0.6) is 5.75 Å². The van der Waals surface area contributed by atoms with Crippen LogP contribution in [0.1, 0.15) is 41.7 Å². The minimum absolute atomic E-state index is 0.0774. The Bertz CT molecular complexity index is 1130. The van der Waals surface area contributed by atoms with Gasteiger partial charge in [0.2, 0.25) is 0 Å². The van der Waals surface area contributed by atoms with Crippen molar-refractivity contribution in [1.29, 1.82) is 0 Å². The number of hydrogen-bond acceptors (Lipinski definition) is 3. The van der Waals surface area contributed by atoms with Gasteiger partial charge in [-0.1, -0.05) is 6.07 Å². The van der Waals surface area contributed by atoms with Crippen LogP contribution in [0.25, 0.3) is 10.9 Å². The Balaban J connectivity index is 1.42. The average molecular weight is 460 g/mol. The highest BCUT2D eigenvalue weighted by Crippen LogP contribution is 2.38. The van der Waals surface area contributed by atoms with Gasteiger partial charge in [0.25, 0.3) is 5.91 Å². The van der Waals surface area contributed by atoms with Crippen molar-refractivity contribution >= 4 is 22.5 Å². The lowest BCUT2D eigenvalue weighted by Gasteiger charge is -2.36. The van der Waals surface area contributed by atoms with E-state index in [4.69, 9.17) is 4.74 Å². The average Bonchev–Trinajstić information content (AvgIpc) is 3.16. The van der Waals surface area contributed by atoms with E-state index < -0.39 is 11.9 Å². The van der Waals surface area contributed by atoms with Gasteiger partial charge in [-0.25, -0.2) is 0 Å². The van der Waals surface area contributed by atoms with Crippen LogP contribution in [0.3, 0.4) is 0 Å². The number of methoxy groups -OCH3 is 1. The van der Waals surface area contributed by atoms with E-state index in [1.54, 1.807) is 43.5 Å². The van der Waals surface area contributed by atoms with Crippen molar-refractivity contribution in [3.05, 3.63) is 59.8 Å². The first-order valence-corrected chi connectivity index (χ1v) is 11.0. The number of carbonyl (C=O) groups is 1. The lowest BCUT2D eigenvalue weighted by molar-refractivity contribution is -0.142. The minimum Gasteiger partial charge on any atom is -0.497 e. The first-order valence-electron chi connectivity index (χ1n) is 11.0. The fourth-order valence-corrected chi connectivity index (χ4v) is 4.74. The van der Waals surface area contributed by atoms with Crippen LogP contribution < -0.4 is 15.0 Å². The van der Waals surface area contributed by atoms with E-state index in [2.05, 4.69) is 10.2 Å². The van der Waals surface area contributed by atoms with Crippen molar-refractivity contribution in [3.8, 4) is 5.75 Å². The molecule has 0 saturated heterocycles. The molecule has 8 heteroatoms. The summed E-state index contributed by atoms with van der Waals surface area (Å²) in [4.78, 5) is 14.6. The molecule has 1 N–H and O–H groups in total. The number of anilines is 1. The maximum atomic E-state index is 13.4. The smallest absolute Gasteiger partial charge is 0.431 e. The second kappa shape index (κ2) is 9.00. The van der Waals surface area contributed by atoms with Gasteiger partial charge in [-0.15, -0.1) is 0 Å². The second-order valence-electron chi connectivity index (χ2n) is 8.61. The number of halogens is 3. The molecule has 33 heavy (non-hydrogen) atoms. The number of amides is 1. The Labute approximate surface area is 191 Å². The molecule has 1 aromatic heterocycles. The summed E-state index contributed by atoms with van der Waals surface area (Å²) in [6.45, 7) is 0. The summed E-state index contributed by atoms with van der Waals surface area (Å²) < 4.78 is 46.6. The van der Waals surface area contributed by atoms with Crippen LogP contribution in [0.2, 0.25) is 0 Å². The Morgan fingerprint density at radius 2 is 1.76 bits per heavy atom. The van der Waals surface area contributed by atoms with Crippen molar-refractivity contribution in [2.75, 3.05) is 19.1 Å². The molecular formula is C25H28F3N3O2. The zero-order valence-corrected chi connectivity index (χ0v) is 18.9. The summed E-state index contributed by atoms with van der Waals surface area (Å²) >= 11 is 0.